The number of carbonyl (C=O) groups is 2. The zero-order valence-corrected chi connectivity index (χ0v) is 42.8. The van der Waals surface area contributed by atoms with Gasteiger partial charge >= 0.3 is 171 Å². The number of carboxylic acid groups (broad SMARTS) is 2. The topological polar surface area (TPSA) is 80.3 Å². The van der Waals surface area contributed by atoms with Crippen molar-refractivity contribution < 1.29 is 19.8 Å². The van der Waals surface area contributed by atoms with E-state index < -0.39 is 11.9 Å². The van der Waals surface area contributed by atoms with Crippen LogP contribution < -0.4 is 10.2 Å². The van der Waals surface area contributed by atoms with Crippen LogP contribution in [0, 0.1) is 11.8 Å². The summed E-state index contributed by atoms with van der Waals surface area (Å²) in [6, 6.07) is 0. The van der Waals surface area contributed by atoms with Gasteiger partial charge in [-0.15, -0.1) is 0 Å². The van der Waals surface area contributed by atoms with Crippen molar-refractivity contribution in [2.24, 2.45) is 11.8 Å². The van der Waals surface area contributed by atoms with E-state index in [2.05, 4.69) is 27.7 Å². The van der Waals surface area contributed by atoms with Crippen LogP contribution in [0.5, 0.6) is 0 Å². The van der Waals surface area contributed by atoms with Gasteiger partial charge in [0.1, 0.15) is 0 Å². The van der Waals surface area contributed by atoms with Gasteiger partial charge in [-0.1, -0.05) is 131 Å². The first-order valence-electron chi connectivity index (χ1n) is 26.0. The minimum atomic E-state index is -0.893. The summed E-state index contributed by atoms with van der Waals surface area (Å²) in [4.78, 5) is 20.7. The molecule has 0 amide bonds. The van der Waals surface area contributed by atoms with Gasteiger partial charge in [0.05, 0.1) is 0 Å². The maximum atomic E-state index is 10.3. The predicted octanol–water partition coefficient (Wildman–Crippen LogP) is 16.0. The van der Waals surface area contributed by atoms with Crippen molar-refractivity contribution >= 4 is 33.1 Å². The van der Waals surface area contributed by atoms with E-state index in [9.17, 15) is 19.8 Å². The minimum absolute atomic E-state index is 0.00985. The Hall–Kier alpha value is -0.261. The van der Waals surface area contributed by atoms with Crippen molar-refractivity contribution in [3.05, 3.63) is 0 Å². The van der Waals surface area contributed by atoms with Gasteiger partial charge in [-0.05, 0) is 37.5 Å². The van der Waals surface area contributed by atoms with Gasteiger partial charge in [0, 0.05) is 11.9 Å². The third kappa shape index (κ3) is 55.7. The molecule has 0 saturated heterocycles. The van der Waals surface area contributed by atoms with E-state index in [0.717, 1.165) is 38.5 Å². The number of carbonyl (C=O) groups excluding carboxylic acids is 2. The Balaban J connectivity index is -0.00000118. The van der Waals surface area contributed by atoms with Crippen LogP contribution in [0.4, 0.5) is 0 Å². The second-order valence-corrected chi connectivity index (χ2v) is 21.8. The minimum Gasteiger partial charge on any atom is -0.0654 e. The van der Waals surface area contributed by atoms with Crippen molar-refractivity contribution in [1.29, 1.82) is 0 Å². The molecular formula is C52H104O4Sn. The first-order valence-corrected chi connectivity index (χ1v) is 30.0. The molecular weight excluding hydrogens is 807 g/mol. The summed E-state index contributed by atoms with van der Waals surface area (Å²) in [5.74, 6) is -2.23. The van der Waals surface area contributed by atoms with Gasteiger partial charge in [-0.2, -0.15) is 0 Å². The summed E-state index contributed by atoms with van der Waals surface area (Å²) in [5, 5.41) is 20.7. The molecule has 340 valence electrons. The second kappa shape index (κ2) is 55.7. The van der Waals surface area contributed by atoms with Crippen LogP contribution in [0.25, 0.3) is 0 Å². The summed E-state index contributed by atoms with van der Waals surface area (Å²) in [6.07, 6.45) is 54.9. The molecule has 0 radical (unpaired) electrons. The molecule has 0 aromatic carbocycles. The van der Waals surface area contributed by atoms with Gasteiger partial charge in [-0.25, -0.2) is 0 Å². The first-order chi connectivity index (χ1) is 27.9. The van der Waals surface area contributed by atoms with Gasteiger partial charge < -0.3 is 19.8 Å². The average molecular weight is 912 g/mol. The molecule has 0 rings (SSSR count). The van der Waals surface area contributed by atoms with Gasteiger partial charge in [-0.3, -0.25) is 0 Å². The number of rotatable bonds is 44. The van der Waals surface area contributed by atoms with Crippen LogP contribution in [-0.2, 0) is 9.59 Å². The molecule has 0 spiro atoms. The molecule has 0 aromatic heterocycles. The van der Waals surface area contributed by atoms with Crippen LogP contribution in [-0.4, -0.2) is 33.1 Å². The number of hydrogen-bond donors (Lipinski definition) is 0. The van der Waals surface area contributed by atoms with Crippen LogP contribution >= 0.6 is 0 Å². The van der Waals surface area contributed by atoms with E-state index in [1.807, 2.05) is 13.8 Å². The number of aliphatic carboxylic acids is 2. The predicted molar refractivity (Wildman–Crippen MR) is 251 cm³/mol. The molecule has 57 heavy (non-hydrogen) atoms. The van der Waals surface area contributed by atoms with E-state index in [0.29, 0.717) is 12.8 Å². The summed E-state index contributed by atoms with van der Waals surface area (Å²) >= 11 is 0.00985. The monoisotopic (exact) mass is 913 g/mol. The maximum absolute atomic E-state index is 10.3. The average Bonchev–Trinajstić information content (AvgIpc) is 3.20. The summed E-state index contributed by atoms with van der Waals surface area (Å²) in [7, 11) is 0. The van der Waals surface area contributed by atoms with Gasteiger partial charge in [0.2, 0.25) is 0 Å². The molecule has 0 aliphatic heterocycles. The van der Waals surface area contributed by atoms with E-state index in [-0.39, 0.29) is 33.0 Å². The van der Waals surface area contributed by atoms with Crippen molar-refractivity contribution in [3.63, 3.8) is 0 Å². The third-order valence-corrected chi connectivity index (χ3v) is 15.9. The molecule has 2 unspecified atom stereocenters. The van der Waals surface area contributed by atoms with E-state index in [1.54, 1.807) is 21.7 Å². The number of unbranched alkanes of at least 4 members (excludes halogenated alkanes) is 32. The second-order valence-electron chi connectivity index (χ2n) is 17.5. The molecule has 0 aliphatic rings. The molecule has 0 aromatic rings. The van der Waals surface area contributed by atoms with Crippen LogP contribution in [0.2, 0.25) is 8.87 Å². The van der Waals surface area contributed by atoms with E-state index >= 15 is 0 Å². The Morgan fingerprint density at radius 3 is 0.684 bits per heavy atom. The fourth-order valence-electron chi connectivity index (χ4n) is 7.60. The molecule has 5 heteroatoms. The molecule has 0 N–H and O–H groups in total. The summed E-state index contributed by atoms with van der Waals surface area (Å²) < 4.78 is 3.33. The standard InChI is InChI=1S/2C18H37.2C8H16O2.Sn/c2*1-3-5-7-9-11-13-15-17-18-16-14-12-10-8-6-4-2;2*1-3-5-6-7(4-2)8(9)10;/h2*1,3-18H2,2H3;2*7H,3-6H2,1-2H3,(H,9,10);/q;;;;+2/p-2. The molecule has 0 aliphatic carbocycles. The summed E-state index contributed by atoms with van der Waals surface area (Å²) in [6.45, 7) is 12.5. The third-order valence-electron chi connectivity index (χ3n) is 11.9. The smallest absolute Gasteiger partial charge is 0.0654 e. The molecule has 0 fully saturated rings. The Morgan fingerprint density at radius 1 is 0.316 bits per heavy atom. The first kappa shape index (κ1) is 61.0. The fourth-order valence-corrected chi connectivity index (χ4v) is 11.2. The van der Waals surface area contributed by atoms with Gasteiger partial charge in [0.15, 0.2) is 0 Å². The van der Waals surface area contributed by atoms with Crippen molar-refractivity contribution in [3.8, 4) is 0 Å². The normalized spacial score (nSPS) is 11.9. The van der Waals surface area contributed by atoms with Crippen LogP contribution in [0.3, 0.4) is 0 Å². The van der Waals surface area contributed by atoms with Crippen molar-refractivity contribution in [1.82, 2.24) is 0 Å². The number of hydrogen-bond acceptors (Lipinski definition) is 4. The molecule has 0 bridgehead atoms. The Kier molecular flexibility index (Phi) is 59.7. The van der Waals surface area contributed by atoms with Crippen LogP contribution in [0.15, 0.2) is 0 Å². The molecule has 0 heterocycles. The molecule has 4 nitrogen and oxygen atoms in total. The Bertz CT molecular complexity index is 684. The number of carboxylic acids is 2. The SMILES string of the molecule is CCCCC(CC)C(=O)[O-].CCCCC(CC)C(=O)[O-].CCCCCCCCCCCCCCCCC[CH2][Sn+2][CH2]CCCCCCCCCCCCCCCCC. The van der Waals surface area contributed by atoms with Crippen molar-refractivity contribution in [2.75, 3.05) is 0 Å². The molecule has 2 atom stereocenters. The zero-order valence-electron chi connectivity index (χ0n) is 40.0. The Morgan fingerprint density at radius 2 is 0.509 bits per heavy atom. The van der Waals surface area contributed by atoms with Crippen molar-refractivity contribution in [2.45, 2.75) is 307 Å². The van der Waals surface area contributed by atoms with E-state index in [1.165, 1.54) is 193 Å². The fraction of sp³-hybridized carbons (Fsp3) is 0.962. The van der Waals surface area contributed by atoms with Crippen LogP contribution in [0.1, 0.15) is 298 Å². The van der Waals surface area contributed by atoms with E-state index in [4.69, 9.17) is 0 Å². The zero-order chi connectivity index (χ0) is 42.7. The quantitative estimate of drug-likeness (QED) is 0.0450. The Labute approximate surface area is 370 Å². The summed E-state index contributed by atoms with van der Waals surface area (Å²) in [5.41, 5.74) is 0. The molecule has 0 saturated carbocycles. The van der Waals surface area contributed by atoms with Gasteiger partial charge in [0.25, 0.3) is 0 Å².